The van der Waals surface area contributed by atoms with E-state index in [2.05, 4.69) is 145 Å². The van der Waals surface area contributed by atoms with Crippen molar-refractivity contribution in [3.8, 4) is 0 Å². The maximum atomic E-state index is 14.5. The van der Waals surface area contributed by atoms with E-state index in [-0.39, 0.29) is 41.9 Å². The highest BCUT2D eigenvalue weighted by molar-refractivity contribution is 6.18. The predicted molar refractivity (Wildman–Crippen MR) is 212 cm³/mol. The van der Waals surface area contributed by atoms with Crippen molar-refractivity contribution >= 4 is 40.3 Å². The number of benzene rings is 5. The van der Waals surface area contributed by atoms with Crippen LogP contribution in [0.5, 0.6) is 0 Å². The first-order valence-electron chi connectivity index (χ1n) is 18.3. The molecule has 0 atom stereocenters. The van der Waals surface area contributed by atoms with Crippen LogP contribution in [0.2, 0.25) is 0 Å². The highest BCUT2D eigenvalue weighted by Crippen LogP contribution is 2.47. The van der Waals surface area contributed by atoms with Crippen LogP contribution in [0.3, 0.4) is 0 Å². The van der Waals surface area contributed by atoms with Crippen molar-refractivity contribution in [2.75, 3.05) is 14.7 Å². The molecule has 1 heterocycles. The molecule has 6 rings (SSSR count). The molecular weight excluding hydrogens is 627 g/mol. The lowest BCUT2D eigenvalue weighted by atomic mass is 9.88. The molecule has 0 unspecified atom stereocenters. The third kappa shape index (κ3) is 6.95. The summed E-state index contributed by atoms with van der Waals surface area (Å²) in [6.45, 7) is 17.3. The van der Waals surface area contributed by atoms with Crippen LogP contribution >= 0.6 is 0 Å². The van der Waals surface area contributed by atoms with Crippen molar-refractivity contribution < 1.29 is 9.59 Å². The first-order valence-corrected chi connectivity index (χ1v) is 18.3. The number of carbonyl (C=O) groups excluding carboxylic acids is 2. The largest absolute Gasteiger partial charge is 0.311 e. The molecule has 1 fully saturated rings. The van der Waals surface area contributed by atoms with Gasteiger partial charge in [0.1, 0.15) is 6.42 Å². The van der Waals surface area contributed by atoms with E-state index in [0.29, 0.717) is 6.17 Å². The molecule has 0 saturated carbocycles. The Hall–Kier alpha value is -5.16. The fourth-order valence-electron chi connectivity index (χ4n) is 7.24. The second-order valence-electron chi connectivity index (χ2n) is 14.7. The normalized spacial score (nSPS) is 14.0. The molecule has 0 spiro atoms. The van der Waals surface area contributed by atoms with Gasteiger partial charge >= 0.3 is 0 Å². The van der Waals surface area contributed by atoms with Crippen molar-refractivity contribution in [3.63, 3.8) is 0 Å². The monoisotopic (exact) mass is 676 g/mol. The Balaban J connectivity index is 1.62. The number of rotatable bonds is 10. The van der Waals surface area contributed by atoms with Gasteiger partial charge in [0.2, 0.25) is 18.0 Å². The van der Waals surface area contributed by atoms with Gasteiger partial charge in [0, 0.05) is 22.6 Å². The van der Waals surface area contributed by atoms with Gasteiger partial charge in [-0.2, -0.15) is 0 Å². The summed E-state index contributed by atoms with van der Waals surface area (Å²) in [4.78, 5) is 35.1. The molecule has 0 bridgehead atoms. The molecule has 5 heteroatoms. The van der Waals surface area contributed by atoms with Gasteiger partial charge in [-0.3, -0.25) is 19.4 Å². The lowest BCUT2D eigenvalue weighted by Crippen LogP contribution is -2.55. The summed E-state index contributed by atoms with van der Waals surface area (Å²) in [7, 11) is 0. The number of carbonyl (C=O) groups is 2. The summed E-state index contributed by atoms with van der Waals surface area (Å²) in [5.74, 6) is 0.185. The number of anilines is 5. The number of hydrogen-bond acceptors (Lipinski definition) is 3. The molecule has 0 aromatic heterocycles. The second kappa shape index (κ2) is 15.0. The fourth-order valence-corrected chi connectivity index (χ4v) is 7.24. The van der Waals surface area contributed by atoms with Gasteiger partial charge in [-0.05, 0) is 82.3 Å². The number of amides is 2. The van der Waals surface area contributed by atoms with Crippen molar-refractivity contribution in [2.45, 2.75) is 85.5 Å². The van der Waals surface area contributed by atoms with Crippen LogP contribution in [0.4, 0.5) is 28.4 Å². The number of para-hydroxylation sites is 4. The van der Waals surface area contributed by atoms with E-state index in [4.69, 9.17) is 0 Å². The summed E-state index contributed by atoms with van der Waals surface area (Å²) in [5, 5.41) is 0. The molecule has 1 radical (unpaired) electrons. The Labute approximate surface area is 304 Å². The average Bonchev–Trinajstić information content (AvgIpc) is 3.12. The summed E-state index contributed by atoms with van der Waals surface area (Å²) in [5.41, 5.74) is 9.93. The zero-order valence-corrected chi connectivity index (χ0v) is 31.2. The van der Waals surface area contributed by atoms with Gasteiger partial charge in [-0.1, -0.05) is 140 Å². The van der Waals surface area contributed by atoms with Gasteiger partial charge in [-0.15, -0.1) is 0 Å². The predicted octanol–water partition coefficient (Wildman–Crippen LogP) is 12.0. The summed E-state index contributed by atoms with van der Waals surface area (Å²) in [6.07, 6.45) is 0.365. The number of nitrogens with zero attached hydrogens (tertiary/aromatic N) is 3. The van der Waals surface area contributed by atoms with Gasteiger partial charge in [0.05, 0.1) is 11.4 Å². The van der Waals surface area contributed by atoms with Crippen LogP contribution in [0, 0.1) is 6.17 Å². The molecule has 51 heavy (non-hydrogen) atoms. The topological polar surface area (TPSA) is 43.9 Å². The first kappa shape index (κ1) is 35.7. The molecule has 261 valence electrons. The molecular formula is C46H50N3O2. The summed E-state index contributed by atoms with van der Waals surface area (Å²) < 4.78 is 0. The molecule has 1 aliphatic heterocycles. The zero-order chi connectivity index (χ0) is 36.4. The van der Waals surface area contributed by atoms with Crippen LogP contribution in [-0.4, -0.2) is 11.8 Å². The molecule has 5 aromatic carbocycles. The Bertz CT molecular complexity index is 1810. The highest BCUT2D eigenvalue weighted by Gasteiger charge is 2.46. The highest BCUT2D eigenvalue weighted by atomic mass is 16.2. The maximum absolute atomic E-state index is 14.5. The lowest BCUT2D eigenvalue weighted by Gasteiger charge is -2.45. The van der Waals surface area contributed by atoms with E-state index in [0.717, 1.165) is 56.3 Å². The zero-order valence-electron chi connectivity index (χ0n) is 31.2. The Morgan fingerprint density at radius 2 is 0.765 bits per heavy atom. The van der Waals surface area contributed by atoms with Crippen LogP contribution < -0.4 is 14.7 Å². The van der Waals surface area contributed by atoms with Crippen molar-refractivity contribution in [2.24, 2.45) is 0 Å². The maximum Gasteiger partial charge on any atom is 0.238 e. The van der Waals surface area contributed by atoms with E-state index in [1.54, 1.807) is 0 Å². The van der Waals surface area contributed by atoms with Gasteiger partial charge in [-0.25, -0.2) is 0 Å². The van der Waals surface area contributed by atoms with E-state index in [1.165, 1.54) is 0 Å². The third-order valence-electron chi connectivity index (χ3n) is 9.77. The van der Waals surface area contributed by atoms with Crippen LogP contribution in [0.1, 0.15) is 113 Å². The Morgan fingerprint density at radius 1 is 0.431 bits per heavy atom. The minimum atomic E-state index is -0.217. The first-order chi connectivity index (χ1) is 24.5. The van der Waals surface area contributed by atoms with Crippen LogP contribution in [0.15, 0.2) is 121 Å². The molecule has 5 nitrogen and oxygen atoms in total. The molecule has 1 saturated heterocycles. The quantitative estimate of drug-likeness (QED) is 0.138. The molecule has 0 aliphatic carbocycles. The molecule has 1 aliphatic rings. The van der Waals surface area contributed by atoms with E-state index < -0.39 is 0 Å². The lowest BCUT2D eigenvalue weighted by molar-refractivity contribution is -0.128. The summed E-state index contributed by atoms with van der Waals surface area (Å²) in [6, 6.07) is 41.6. The average molecular weight is 677 g/mol. The second-order valence-corrected chi connectivity index (χ2v) is 14.7. The Kier molecular flexibility index (Phi) is 10.5. The van der Waals surface area contributed by atoms with Crippen molar-refractivity contribution in [1.82, 2.24) is 0 Å². The summed E-state index contributed by atoms with van der Waals surface area (Å²) >= 11 is 0. The standard InChI is InChI=1S/C46H50N3O2/c1-30(2)38-21-15-22-39(31(3)4)44(38)48-42(50)29-43(51)49(45-40(32(5)6)23-16-24-41(45)33(7)8)46(48)34-25-27-37(28-26-34)47(35-17-11-9-12-18-35)36-19-13-10-14-20-36/h9-28,30-33H,29H2,1-8H3. The smallest absolute Gasteiger partial charge is 0.238 e. The fraction of sp³-hybridized carbons (Fsp3) is 0.283. The third-order valence-corrected chi connectivity index (χ3v) is 9.77. The van der Waals surface area contributed by atoms with E-state index in [9.17, 15) is 9.59 Å². The SMILES string of the molecule is CC(C)c1cccc(C(C)C)c1N1[C](c2ccc(N(c3ccccc3)c3ccccc3)cc2)N(c2c(C(C)C)cccc2C(C)C)C(=O)CC1=O. The van der Waals surface area contributed by atoms with Gasteiger partial charge < -0.3 is 4.90 Å². The van der Waals surface area contributed by atoms with E-state index >= 15 is 0 Å². The number of hydrogen-bond donors (Lipinski definition) is 0. The minimum absolute atomic E-state index is 0.153. The Morgan fingerprint density at radius 3 is 1.10 bits per heavy atom. The van der Waals surface area contributed by atoms with E-state index in [1.807, 2.05) is 46.2 Å². The molecule has 0 N–H and O–H groups in total. The van der Waals surface area contributed by atoms with Crippen LogP contribution in [-0.2, 0) is 9.59 Å². The van der Waals surface area contributed by atoms with Gasteiger partial charge in [0.25, 0.3) is 0 Å². The minimum Gasteiger partial charge on any atom is -0.311 e. The van der Waals surface area contributed by atoms with Gasteiger partial charge in [0.15, 0.2) is 0 Å². The van der Waals surface area contributed by atoms with Crippen molar-refractivity contribution in [1.29, 1.82) is 0 Å². The molecule has 5 aromatic rings. The van der Waals surface area contributed by atoms with Crippen molar-refractivity contribution in [3.05, 3.63) is 155 Å². The molecule has 2 amide bonds. The van der Waals surface area contributed by atoms with Crippen LogP contribution in [0.25, 0.3) is 0 Å².